The molecule has 5 heteroatoms. The number of hydrogen-bond donors (Lipinski definition) is 0. The predicted molar refractivity (Wildman–Crippen MR) is 92.1 cm³/mol. The Balaban J connectivity index is 2.04. The van der Waals surface area contributed by atoms with E-state index in [1.807, 2.05) is 0 Å². The van der Waals surface area contributed by atoms with Gasteiger partial charge >= 0.3 is 5.97 Å². The van der Waals surface area contributed by atoms with Gasteiger partial charge in [-0.25, -0.2) is 0 Å². The number of rotatable bonds is 1. The first-order valence-electron chi connectivity index (χ1n) is 6.83. The number of hydrogen-bond acceptors (Lipinski definition) is 3. The monoisotopic (exact) mass is 490 g/mol. The number of allylic oxidation sites excluding steroid dienone is 1. The zero-order chi connectivity index (χ0) is 13.8. The number of carbonyl (C=O) groups is 1. The van der Waals surface area contributed by atoms with Gasteiger partial charge < -0.3 is 9.47 Å². The molecule has 0 spiro atoms. The first-order chi connectivity index (χ1) is 9.06. The lowest BCUT2D eigenvalue weighted by Crippen LogP contribution is -2.25. The van der Waals surface area contributed by atoms with Crippen LogP contribution in [0.2, 0.25) is 0 Å². The third kappa shape index (κ3) is 4.84. The van der Waals surface area contributed by atoms with Crippen LogP contribution in [-0.2, 0) is 14.3 Å². The summed E-state index contributed by atoms with van der Waals surface area (Å²) < 4.78 is 12.6. The van der Waals surface area contributed by atoms with Crippen LogP contribution >= 0.6 is 45.2 Å². The van der Waals surface area contributed by atoms with Crippen LogP contribution in [0, 0.1) is 0 Å². The van der Waals surface area contributed by atoms with Crippen molar-refractivity contribution in [3.8, 4) is 0 Å². The van der Waals surface area contributed by atoms with Crippen LogP contribution in [0.25, 0.3) is 0 Å². The van der Waals surface area contributed by atoms with Gasteiger partial charge in [-0.15, -0.1) is 0 Å². The minimum absolute atomic E-state index is 0.0741. The Morgan fingerprint density at radius 2 is 1.84 bits per heavy atom. The van der Waals surface area contributed by atoms with E-state index in [1.54, 1.807) is 0 Å². The van der Waals surface area contributed by atoms with Crippen molar-refractivity contribution >= 4 is 51.2 Å². The molecule has 2 aliphatic heterocycles. The summed E-state index contributed by atoms with van der Waals surface area (Å²) in [7, 11) is 0. The van der Waals surface area contributed by atoms with E-state index in [0.717, 1.165) is 19.3 Å². The van der Waals surface area contributed by atoms with Crippen LogP contribution in [0.15, 0.2) is 12.2 Å². The molecular formula is C14H20I2O3. The average molecular weight is 490 g/mol. The molecule has 0 N–H and O–H groups in total. The number of fused-ring (bicyclic) bond motifs is 2. The first-order valence-corrected chi connectivity index (χ1v) is 9.33. The molecular weight excluding hydrogens is 470 g/mol. The molecule has 2 heterocycles. The summed E-state index contributed by atoms with van der Waals surface area (Å²) in [5.41, 5.74) is 0. The molecule has 108 valence electrons. The van der Waals surface area contributed by atoms with Gasteiger partial charge in [0.25, 0.3) is 0 Å². The zero-order valence-electron chi connectivity index (χ0n) is 11.1. The third-order valence-corrected chi connectivity index (χ3v) is 6.38. The minimum Gasteiger partial charge on any atom is -0.458 e. The fourth-order valence-corrected chi connectivity index (χ4v) is 4.36. The van der Waals surface area contributed by atoms with E-state index >= 15 is 0 Å². The largest absolute Gasteiger partial charge is 0.458 e. The Morgan fingerprint density at radius 3 is 2.53 bits per heavy atom. The molecule has 0 aromatic heterocycles. The minimum atomic E-state index is -0.196. The predicted octanol–water partition coefficient (Wildman–Crippen LogP) is 3.81. The van der Waals surface area contributed by atoms with Gasteiger partial charge in [-0.3, -0.25) is 4.79 Å². The lowest BCUT2D eigenvalue weighted by Gasteiger charge is -2.21. The summed E-state index contributed by atoms with van der Waals surface area (Å²) in [6.07, 6.45) is 10.1. The van der Waals surface area contributed by atoms with Gasteiger partial charge in [-0.2, -0.15) is 0 Å². The Hall–Kier alpha value is 0.630. The molecule has 0 aliphatic carbocycles. The zero-order valence-corrected chi connectivity index (χ0v) is 15.4. The molecule has 19 heavy (non-hydrogen) atoms. The summed E-state index contributed by atoms with van der Waals surface area (Å²) in [6.45, 7) is 1.48. The summed E-state index contributed by atoms with van der Waals surface area (Å²) >= 11 is 4.97. The molecule has 3 nitrogen and oxygen atoms in total. The topological polar surface area (TPSA) is 35.5 Å². The van der Waals surface area contributed by atoms with Crippen LogP contribution in [-0.4, -0.2) is 32.1 Å². The number of halogens is 2. The maximum Gasteiger partial charge on any atom is 0.303 e. The Morgan fingerprint density at radius 1 is 1.16 bits per heavy atom. The number of carbonyl (C=O) groups excluding carboxylic acids is 1. The van der Waals surface area contributed by atoms with Gasteiger partial charge in [0.05, 0.1) is 12.2 Å². The summed E-state index contributed by atoms with van der Waals surface area (Å²) in [6, 6.07) is 0. The van der Waals surface area contributed by atoms with Crippen molar-refractivity contribution in [2.24, 2.45) is 0 Å². The standard InChI is InChI=1S/C14H20I2O3/c1-9(17)18-10-3-2-4-11(15)13-7-8-14(19-13)12(16)6-5-10/h2-3,10-14H,4-8H2,1H3/b3-2-/t10-,11-,12-,13-,14+/m1/s1. The van der Waals surface area contributed by atoms with Gasteiger partial charge in [0.2, 0.25) is 0 Å². The fourth-order valence-electron chi connectivity index (χ4n) is 2.65. The van der Waals surface area contributed by atoms with Gasteiger partial charge in [-0.1, -0.05) is 51.3 Å². The van der Waals surface area contributed by atoms with Crippen LogP contribution in [0.4, 0.5) is 0 Å². The fraction of sp³-hybridized carbons (Fsp3) is 0.786. The van der Waals surface area contributed by atoms with Gasteiger partial charge in [0.1, 0.15) is 6.10 Å². The highest BCUT2D eigenvalue weighted by Crippen LogP contribution is 2.34. The summed E-state index contributed by atoms with van der Waals surface area (Å²) in [5.74, 6) is -0.196. The molecule has 0 unspecified atom stereocenters. The van der Waals surface area contributed by atoms with Crippen molar-refractivity contribution in [3.05, 3.63) is 12.2 Å². The van der Waals surface area contributed by atoms with E-state index in [9.17, 15) is 4.79 Å². The number of alkyl halides is 2. The Labute approximate surface area is 142 Å². The quantitative estimate of drug-likeness (QED) is 0.243. The van der Waals surface area contributed by atoms with E-state index in [1.165, 1.54) is 19.8 Å². The van der Waals surface area contributed by atoms with Gasteiger partial charge in [0, 0.05) is 14.8 Å². The second-order valence-electron chi connectivity index (χ2n) is 5.21. The molecule has 2 rings (SSSR count). The summed E-state index contributed by atoms with van der Waals surface area (Å²) in [5, 5.41) is 0. The van der Waals surface area contributed by atoms with Gasteiger partial charge in [-0.05, 0) is 38.2 Å². The van der Waals surface area contributed by atoms with Gasteiger partial charge in [0.15, 0.2) is 0 Å². The molecule has 0 aromatic carbocycles. The molecule has 2 bridgehead atoms. The lowest BCUT2D eigenvalue weighted by atomic mass is 10.0. The van der Waals surface area contributed by atoms with Crippen molar-refractivity contribution < 1.29 is 14.3 Å². The third-order valence-electron chi connectivity index (χ3n) is 3.65. The van der Waals surface area contributed by atoms with E-state index in [2.05, 4.69) is 57.3 Å². The van der Waals surface area contributed by atoms with Crippen molar-refractivity contribution in [1.82, 2.24) is 0 Å². The molecule has 5 atom stereocenters. The highest BCUT2D eigenvalue weighted by Gasteiger charge is 2.34. The van der Waals surface area contributed by atoms with Crippen molar-refractivity contribution in [2.45, 2.75) is 65.2 Å². The molecule has 0 aromatic rings. The molecule has 0 amide bonds. The maximum absolute atomic E-state index is 11.1. The highest BCUT2D eigenvalue weighted by atomic mass is 127. The Bertz CT molecular complexity index is 346. The molecule has 2 aliphatic rings. The number of ether oxygens (including phenoxy) is 2. The first kappa shape index (κ1) is 16.0. The van der Waals surface area contributed by atoms with E-state index in [-0.39, 0.29) is 12.1 Å². The lowest BCUT2D eigenvalue weighted by molar-refractivity contribution is -0.144. The SMILES string of the molecule is CC(=O)O[C@@H]1/C=C\C[C@@H](I)[C@H]2CC[C@H](O2)[C@H](I)CC1. The molecule has 0 saturated carbocycles. The van der Waals surface area contributed by atoms with Crippen molar-refractivity contribution in [3.63, 3.8) is 0 Å². The molecule has 0 radical (unpaired) electrons. The molecule has 1 saturated heterocycles. The van der Waals surface area contributed by atoms with E-state index < -0.39 is 0 Å². The Kier molecular flexibility index (Phi) is 6.39. The highest BCUT2D eigenvalue weighted by molar-refractivity contribution is 14.1. The average Bonchev–Trinajstić information content (AvgIpc) is 2.82. The second-order valence-corrected chi connectivity index (χ2v) is 8.41. The normalized spacial score (nSPS) is 41.3. The van der Waals surface area contributed by atoms with Crippen LogP contribution in [0.5, 0.6) is 0 Å². The maximum atomic E-state index is 11.1. The smallest absolute Gasteiger partial charge is 0.303 e. The van der Waals surface area contributed by atoms with Crippen LogP contribution < -0.4 is 0 Å². The number of esters is 1. The van der Waals surface area contributed by atoms with Crippen molar-refractivity contribution in [2.75, 3.05) is 0 Å². The van der Waals surface area contributed by atoms with E-state index in [4.69, 9.17) is 9.47 Å². The van der Waals surface area contributed by atoms with E-state index in [0.29, 0.717) is 20.1 Å². The second kappa shape index (κ2) is 7.59. The van der Waals surface area contributed by atoms with Crippen LogP contribution in [0.1, 0.15) is 39.0 Å². The summed E-state index contributed by atoms with van der Waals surface area (Å²) in [4.78, 5) is 11.1. The van der Waals surface area contributed by atoms with Crippen molar-refractivity contribution in [1.29, 1.82) is 0 Å². The van der Waals surface area contributed by atoms with Crippen LogP contribution in [0.3, 0.4) is 0 Å². The molecule has 1 fully saturated rings.